The Hall–Kier alpha value is -8.14. The number of anilines is 3. The van der Waals surface area contributed by atoms with Crippen LogP contribution in [0.4, 0.5) is 17.1 Å². The van der Waals surface area contributed by atoms with Gasteiger partial charge < -0.3 is 13.9 Å². The second-order valence-electron chi connectivity index (χ2n) is 15.4. The Bertz CT molecular complexity index is 3750. The lowest BCUT2D eigenvalue weighted by molar-refractivity contribution is 0.669. The maximum absolute atomic E-state index is 9.65. The number of hydrogen-bond donors (Lipinski definition) is 0. The third kappa shape index (κ3) is 5.90. The SMILES string of the molecule is [2H]c1c([2H])c(N(c2ccc(-c3cccc(-n4c5ccccc5c5ccccc54)c3)cc2)c2ccccc2-c2cccc3oc4cc5ccccc5cc4c23)c([2H])c([2H])c1-c1ccccc1. The molecule has 0 fully saturated rings. The van der Waals surface area contributed by atoms with Crippen molar-refractivity contribution in [2.24, 2.45) is 0 Å². The Morgan fingerprint density at radius 2 is 1.00 bits per heavy atom. The second-order valence-corrected chi connectivity index (χ2v) is 15.4. The fourth-order valence-corrected chi connectivity index (χ4v) is 9.02. The van der Waals surface area contributed by atoms with E-state index in [4.69, 9.17) is 4.42 Å². The van der Waals surface area contributed by atoms with Crippen LogP contribution in [0.15, 0.2) is 235 Å². The van der Waals surface area contributed by atoms with Crippen LogP contribution >= 0.6 is 0 Å². The van der Waals surface area contributed by atoms with Crippen molar-refractivity contribution in [1.82, 2.24) is 4.57 Å². The quantitative estimate of drug-likeness (QED) is 0.161. The van der Waals surface area contributed by atoms with E-state index in [0.29, 0.717) is 16.9 Å². The van der Waals surface area contributed by atoms with E-state index < -0.39 is 0 Å². The molecule has 0 radical (unpaired) electrons. The van der Waals surface area contributed by atoms with Crippen LogP contribution in [0.2, 0.25) is 0 Å². The highest BCUT2D eigenvalue weighted by atomic mass is 16.3. The summed E-state index contributed by atoms with van der Waals surface area (Å²) in [6.45, 7) is 0. The molecule has 3 nitrogen and oxygen atoms in total. The third-order valence-electron chi connectivity index (χ3n) is 11.8. The van der Waals surface area contributed by atoms with Crippen molar-refractivity contribution in [2.75, 3.05) is 4.90 Å². The number of para-hydroxylation sites is 3. The van der Waals surface area contributed by atoms with Gasteiger partial charge in [0.15, 0.2) is 0 Å². The topological polar surface area (TPSA) is 21.3 Å². The lowest BCUT2D eigenvalue weighted by Crippen LogP contribution is -2.11. The Labute approximate surface area is 359 Å². The van der Waals surface area contributed by atoms with Crippen molar-refractivity contribution < 1.29 is 9.90 Å². The monoisotopic (exact) mass is 782 g/mol. The van der Waals surface area contributed by atoms with E-state index >= 15 is 0 Å². The number of hydrogen-bond acceptors (Lipinski definition) is 2. The summed E-state index contributed by atoms with van der Waals surface area (Å²) in [4.78, 5) is 1.89. The normalized spacial score (nSPS) is 12.5. The lowest BCUT2D eigenvalue weighted by Gasteiger charge is -2.28. The van der Waals surface area contributed by atoms with Gasteiger partial charge in [-0.25, -0.2) is 0 Å². The van der Waals surface area contributed by atoms with Crippen molar-refractivity contribution in [3.05, 3.63) is 230 Å². The molecule has 0 amide bonds. The maximum atomic E-state index is 9.65. The number of fused-ring (bicyclic) bond motifs is 7. The molecule has 10 aromatic carbocycles. The van der Waals surface area contributed by atoms with Crippen molar-refractivity contribution in [3.8, 4) is 39.1 Å². The fraction of sp³-hybridized carbons (Fsp3) is 0. The van der Waals surface area contributed by atoms with Crippen LogP contribution in [0.1, 0.15) is 5.48 Å². The molecule has 3 heteroatoms. The zero-order valence-corrected chi connectivity index (χ0v) is 32.9. The van der Waals surface area contributed by atoms with E-state index in [9.17, 15) is 5.48 Å². The standard InChI is InChI=1S/C58H38N2O/c1-2-14-39(15-3-1)40-28-32-45(33-29-40)59(53-24-9-8-22-50(53)51-23-13-27-56-58(51)52-37-43-16-4-5-17-44(43)38-57(52)61-56)46-34-30-41(31-35-46)42-18-12-19-47(36-42)60-54-25-10-6-20-48(54)49-21-7-11-26-55(49)60/h1-38H/i28D,29D,32D,33D. The molecule has 0 saturated heterocycles. The van der Waals surface area contributed by atoms with Crippen molar-refractivity contribution in [3.63, 3.8) is 0 Å². The predicted molar refractivity (Wildman–Crippen MR) is 257 cm³/mol. The Morgan fingerprint density at radius 1 is 0.393 bits per heavy atom. The smallest absolute Gasteiger partial charge is 0.136 e. The minimum atomic E-state index is -0.138. The number of benzene rings is 10. The summed E-state index contributed by atoms with van der Waals surface area (Å²) >= 11 is 0. The first kappa shape index (κ1) is 30.9. The molecule has 0 aliphatic heterocycles. The zero-order valence-electron chi connectivity index (χ0n) is 36.9. The van der Waals surface area contributed by atoms with Gasteiger partial charge in [-0.05, 0) is 111 Å². The Balaban J connectivity index is 1.05. The van der Waals surface area contributed by atoms with E-state index in [1.807, 2.05) is 89.8 Å². The Morgan fingerprint density at radius 3 is 1.77 bits per heavy atom. The lowest BCUT2D eigenvalue weighted by atomic mass is 9.96. The van der Waals surface area contributed by atoms with Crippen LogP contribution in [-0.4, -0.2) is 4.57 Å². The maximum Gasteiger partial charge on any atom is 0.136 e. The van der Waals surface area contributed by atoms with E-state index in [-0.39, 0.29) is 35.4 Å². The second kappa shape index (κ2) is 14.3. The molecule has 12 rings (SSSR count). The molecule has 286 valence electrons. The highest BCUT2D eigenvalue weighted by Gasteiger charge is 2.21. The van der Waals surface area contributed by atoms with E-state index in [0.717, 1.165) is 71.7 Å². The molecule has 12 aromatic rings. The van der Waals surface area contributed by atoms with Crippen LogP contribution in [0.25, 0.3) is 93.6 Å². The van der Waals surface area contributed by atoms with Gasteiger partial charge in [0, 0.05) is 44.2 Å². The van der Waals surface area contributed by atoms with Crippen LogP contribution in [-0.2, 0) is 0 Å². The molecule has 0 bridgehead atoms. The van der Waals surface area contributed by atoms with Crippen LogP contribution < -0.4 is 4.90 Å². The predicted octanol–water partition coefficient (Wildman–Crippen LogP) is 16.3. The van der Waals surface area contributed by atoms with Gasteiger partial charge in [-0.2, -0.15) is 0 Å². The van der Waals surface area contributed by atoms with Crippen molar-refractivity contribution >= 4 is 71.6 Å². The first-order valence-corrected chi connectivity index (χ1v) is 20.5. The van der Waals surface area contributed by atoms with Crippen molar-refractivity contribution in [1.29, 1.82) is 0 Å². The number of rotatable bonds is 7. The summed E-state index contributed by atoms with van der Waals surface area (Å²) in [6, 6.07) is 69.1. The molecular formula is C58H38N2O. The van der Waals surface area contributed by atoms with Crippen LogP contribution in [0.5, 0.6) is 0 Å². The summed E-state index contributed by atoms with van der Waals surface area (Å²) in [5.74, 6) is 0. The highest BCUT2D eigenvalue weighted by molar-refractivity contribution is 6.16. The first-order valence-electron chi connectivity index (χ1n) is 22.5. The molecule has 0 saturated carbocycles. The Kier molecular flexibility index (Phi) is 7.24. The molecule has 2 heterocycles. The number of aromatic nitrogens is 1. The molecule has 0 aliphatic rings. The minimum Gasteiger partial charge on any atom is -0.456 e. The summed E-state index contributed by atoms with van der Waals surface area (Å²) in [5.41, 5.74) is 11.1. The molecule has 0 aliphatic carbocycles. The largest absolute Gasteiger partial charge is 0.456 e. The van der Waals surface area contributed by atoms with Gasteiger partial charge in [-0.15, -0.1) is 0 Å². The van der Waals surface area contributed by atoms with Gasteiger partial charge in [0.1, 0.15) is 11.2 Å². The minimum absolute atomic E-state index is 0.108. The highest BCUT2D eigenvalue weighted by Crippen LogP contribution is 2.46. The van der Waals surface area contributed by atoms with Gasteiger partial charge >= 0.3 is 0 Å². The summed E-state index contributed by atoms with van der Waals surface area (Å²) in [7, 11) is 0. The third-order valence-corrected chi connectivity index (χ3v) is 11.8. The molecule has 0 N–H and O–H groups in total. The van der Waals surface area contributed by atoms with Gasteiger partial charge in [-0.3, -0.25) is 0 Å². The van der Waals surface area contributed by atoms with Gasteiger partial charge in [0.05, 0.1) is 22.2 Å². The summed E-state index contributed by atoms with van der Waals surface area (Å²) in [6.07, 6.45) is 0. The molecule has 0 unspecified atom stereocenters. The van der Waals surface area contributed by atoms with Gasteiger partial charge in [0.2, 0.25) is 0 Å². The van der Waals surface area contributed by atoms with Crippen LogP contribution in [0, 0.1) is 0 Å². The zero-order chi connectivity index (χ0) is 43.8. The number of nitrogens with zero attached hydrogens (tertiary/aromatic N) is 2. The molecule has 0 spiro atoms. The first-order chi connectivity index (χ1) is 31.9. The summed E-state index contributed by atoms with van der Waals surface area (Å²) in [5, 5.41) is 6.55. The van der Waals surface area contributed by atoms with Crippen molar-refractivity contribution in [2.45, 2.75) is 0 Å². The molecular weight excluding hydrogens is 741 g/mol. The van der Waals surface area contributed by atoms with E-state index in [2.05, 4.69) is 126 Å². The van der Waals surface area contributed by atoms with E-state index in [1.165, 1.54) is 10.8 Å². The molecule has 0 atom stereocenters. The summed E-state index contributed by atoms with van der Waals surface area (Å²) < 4.78 is 46.9. The number of furan rings is 1. The molecule has 2 aromatic heterocycles. The van der Waals surface area contributed by atoms with Gasteiger partial charge in [-0.1, -0.05) is 158 Å². The van der Waals surface area contributed by atoms with E-state index in [1.54, 1.807) is 0 Å². The average molecular weight is 783 g/mol. The van der Waals surface area contributed by atoms with Gasteiger partial charge in [0.25, 0.3) is 0 Å². The molecule has 61 heavy (non-hydrogen) atoms. The fourth-order valence-electron chi connectivity index (χ4n) is 9.02. The average Bonchev–Trinajstić information content (AvgIpc) is 3.90. The van der Waals surface area contributed by atoms with Crippen LogP contribution in [0.3, 0.4) is 0 Å².